The van der Waals surface area contributed by atoms with E-state index in [1.807, 2.05) is 0 Å². The number of amides is 3. The molecule has 3 rings (SSSR count). The van der Waals surface area contributed by atoms with Crippen LogP contribution in [0.2, 0.25) is 0 Å². The number of fused-ring (bicyclic) bond motifs is 2. The summed E-state index contributed by atoms with van der Waals surface area (Å²) in [5.41, 5.74) is 1.38. The van der Waals surface area contributed by atoms with Crippen LogP contribution in [0.15, 0.2) is 30.2 Å². The lowest BCUT2D eigenvalue weighted by atomic mass is 10.00. The molecule has 0 saturated carbocycles. The largest absolute Gasteiger partial charge is 0.348 e. The van der Waals surface area contributed by atoms with Crippen LogP contribution in [0.3, 0.4) is 0 Å². The van der Waals surface area contributed by atoms with Gasteiger partial charge in [0.05, 0.1) is 31.0 Å². The average molecular weight is 289 g/mol. The Kier molecular flexibility index (Phi) is 3.30. The van der Waals surface area contributed by atoms with E-state index in [1.165, 1.54) is 4.90 Å². The molecule has 1 saturated heterocycles. The molecule has 0 aromatic carbocycles. The average Bonchev–Trinajstić information content (AvgIpc) is 2.71. The van der Waals surface area contributed by atoms with Gasteiger partial charge in [0.1, 0.15) is 6.04 Å². The molecule has 2 N–H and O–H groups in total. The van der Waals surface area contributed by atoms with Crippen LogP contribution < -0.4 is 5.32 Å². The maximum Gasteiger partial charge on any atom is 0.345 e. The Morgan fingerprint density at radius 1 is 1.52 bits per heavy atom. The fraction of sp³-hybridized carbons (Fsp3) is 0.385. The second-order valence-electron chi connectivity index (χ2n) is 5.07. The molecule has 3 amide bonds. The van der Waals surface area contributed by atoms with Gasteiger partial charge in [0.25, 0.3) is 0 Å². The zero-order valence-corrected chi connectivity index (χ0v) is 11.4. The number of nitrogens with one attached hydrogen (secondary N) is 1. The smallest absolute Gasteiger partial charge is 0.345 e. The van der Waals surface area contributed by atoms with Crippen molar-refractivity contribution < 1.29 is 14.8 Å². The minimum absolute atomic E-state index is 0.241. The number of urea groups is 1. The second-order valence-corrected chi connectivity index (χ2v) is 5.07. The van der Waals surface area contributed by atoms with Gasteiger partial charge in [0, 0.05) is 12.4 Å². The van der Waals surface area contributed by atoms with Gasteiger partial charge in [0.2, 0.25) is 5.91 Å². The summed E-state index contributed by atoms with van der Waals surface area (Å²) in [6.07, 6.45) is 6.41. The molecule has 1 aromatic heterocycles. The predicted octanol–water partition coefficient (Wildman–Crippen LogP) is -0.0833. The molecule has 2 bridgehead atoms. The third kappa shape index (κ3) is 2.33. The third-order valence-corrected chi connectivity index (χ3v) is 3.65. The van der Waals surface area contributed by atoms with Crippen LogP contribution in [-0.4, -0.2) is 55.7 Å². The number of nitrogens with zero attached hydrogens (tertiary/aromatic N) is 4. The van der Waals surface area contributed by atoms with Crippen LogP contribution >= 0.6 is 0 Å². The fourth-order valence-electron chi connectivity index (χ4n) is 2.65. The van der Waals surface area contributed by atoms with Gasteiger partial charge in [-0.2, -0.15) is 5.06 Å². The Bertz CT molecular complexity index is 603. The topological polar surface area (TPSA) is 98.7 Å². The van der Waals surface area contributed by atoms with E-state index in [1.54, 1.807) is 31.6 Å². The summed E-state index contributed by atoms with van der Waals surface area (Å²) in [4.78, 5) is 33.6. The van der Waals surface area contributed by atoms with Crippen molar-refractivity contribution in [2.24, 2.45) is 0 Å². The Morgan fingerprint density at radius 2 is 2.33 bits per heavy atom. The highest BCUT2D eigenvalue weighted by Crippen LogP contribution is 2.27. The summed E-state index contributed by atoms with van der Waals surface area (Å²) in [5, 5.41) is 13.0. The molecule has 2 aliphatic rings. The van der Waals surface area contributed by atoms with Crippen LogP contribution in [0.5, 0.6) is 0 Å². The number of hydrogen-bond donors (Lipinski definition) is 2. The zero-order chi connectivity index (χ0) is 15.0. The molecule has 1 fully saturated rings. The molecule has 21 heavy (non-hydrogen) atoms. The van der Waals surface area contributed by atoms with Gasteiger partial charge in [0.15, 0.2) is 0 Å². The van der Waals surface area contributed by atoms with Gasteiger partial charge < -0.3 is 10.2 Å². The van der Waals surface area contributed by atoms with Crippen molar-refractivity contribution in [1.82, 2.24) is 25.2 Å². The summed E-state index contributed by atoms with van der Waals surface area (Å²) in [7, 11) is 0. The third-order valence-electron chi connectivity index (χ3n) is 3.65. The van der Waals surface area contributed by atoms with Crippen LogP contribution in [-0.2, 0) is 11.3 Å². The first-order valence-electron chi connectivity index (χ1n) is 6.57. The number of carbonyl (C=O) groups is 2. The minimum atomic E-state index is -0.692. The molecule has 2 aliphatic heterocycles. The number of carbonyl (C=O) groups excluding carboxylic acids is 2. The van der Waals surface area contributed by atoms with Gasteiger partial charge in [-0.15, -0.1) is 0 Å². The highest BCUT2D eigenvalue weighted by molar-refractivity contribution is 5.91. The molecule has 8 nitrogen and oxygen atoms in total. The first-order valence-corrected chi connectivity index (χ1v) is 6.57. The van der Waals surface area contributed by atoms with Gasteiger partial charge in [-0.05, 0) is 12.5 Å². The fourth-order valence-corrected chi connectivity index (χ4v) is 2.65. The number of rotatable bonds is 3. The first kappa shape index (κ1) is 13.5. The monoisotopic (exact) mass is 289 g/mol. The van der Waals surface area contributed by atoms with E-state index >= 15 is 0 Å². The van der Waals surface area contributed by atoms with E-state index < -0.39 is 12.1 Å². The molecule has 110 valence electrons. The molecule has 3 heterocycles. The van der Waals surface area contributed by atoms with Crippen molar-refractivity contribution in [3.05, 3.63) is 35.9 Å². The Labute approximate surface area is 121 Å². The Balaban J connectivity index is 1.71. The maximum atomic E-state index is 12.3. The summed E-state index contributed by atoms with van der Waals surface area (Å²) in [6, 6.07) is -1.61. The second kappa shape index (κ2) is 5.13. The highest BCUT2D eigenvalue weighted by atomic mass is 16.5. The van der Waals surface area contributed by atoms with Gasteiger partial charge in [-0.25, -0.2) is 4.79 Å². The van der Waals surface area contributed by atoms with E-state index in [4.69, 9.17) is 0 Å². The predicted molar refractivity (Wildman–Crippen MR) is 70.9 cm³/mol. The summed E-state index contributed by atoms with van der Waals surface area (Å²) in [6.45, 7) is 2.33. The van der Waals surface area contributed by atoms with Crippen molar-refractivity contribution in [2.45, 2.75) is 25.6 Å². The van der Waals surface area contributed by atoms with E-state index in [9.17, 15) is 14.8 Å². The summed E-state index contributed by atoms with van der Waals surface area (Å²) in [5.74, 6) is -0.295. The van der Waals surface area contributed by atoms with Crippen molar-refractivity contribution in [3.63, 3.8) is 0 Å². The van der Waals surface area contributed by atoms with Crippen molar-refractivity contribution >= 4 is 11.9 Å². The molecule has 0 unspecified atom stereocenters. The standard InChI is InChI=1S/C13H15N5O3/c1-8-4-10-7-17(13(20)18(10)21)11(8)12(19)16-6-9-5-14-2-3-15-9/h2-5,10-11,21H,6-7H2,1H3,(H,16,19)/t10-,11-/m0/s1. The Morgan fingerprint density at radius 3 is 3.05 bits per heavy atom. The molecule has 0 aliphatic carbocycles. The molecule has 0 radical (unpaired) electrons. The molecule has 1 aromatic rings. The van der Waals surface area contributed by atoms with Crippen LogP contribution in [0, 0.1) is 0 Å². The Hall–Kier alpha value is -2.48. The number of hydrogen-bond acceptors (Lipinski definition) is 5. The van der Waals surface area contributed by atoms with Gasteiger partial charge in [-0.3, -0.25) is 20.0 Å². The SMILES string of the molecule is CC1=C[C@H]2CN(C(=O)N2O)[C@@H]1C(=O)NCc1cnccn1. The molecular weight excluding hydrogens is 274 g/mol. The van der Waals surface area contributed by atoms with Crippen LogP contribution in [0.1, 0.15) is 12.6 Å². The van der Waals surface area contributed by atoms with Crippen LogP contribution in [0.25, 0.3) is 0 Å². The quantitative estimate of drug-likeness (QED) is 0.599. The summed E-state index contributed by atoms with van der Waals surface area (Å²) < 4.78 is 0. The lowest BCUT2D eigenvalue weighted by molar-refractivity contribution is -0.124. The van der Waals surface area contributed by atoms with Crippen LogP contribution in [0.4, 0.5) is 4.79 Å². The lowest BCUT2D eigenvalue weighted by Gasteiger charge is -2.29. The number of aromatic nitrogens is 2. The van der Waals surface area contributed by atoms with E-state index in [0.717, 1.165) is 5.57 Å². The molecule has 8 heteroatoms. The molecular formula is C13H15N5O3. The first-order chi connectivity index (χ1) is 10.1. The normalized spacial score (nSPS) is 24.1. The van der Waals surface area contributed by atoms with Crippen molar-refractivity contribution in [1.29, 1.82) is 0 Å². The number of hydroxylamine groups is 2. The van der Waals surface area contributed by atoms with Gasteiger partial charge >= 0.3 is 6.03 Å². The highest BCUT2D eigenvalue weighted by Gasteiger charge is 2.46. The zero-order valence-electron chi connectivity index (χ0n) is 11.4. The molecule has 2 atom stereocenters. The molecule has 0 spiro atoms. The van der Waals surface area contributed by atoms with Crippen molar-refractivity contribution in [2.75, 3.05) is 6.54 Å². The van der Waals surface area contributed by atoms with Gasteiger partial charge in [-0.1, -0.05) is 6.08 Å². The van der Waals surface area contributed by atoms with E-state index in [2.05, 4.69) is 15.3 Å². The minimum Gasteiger partial charge on any atom is -0.348 e. The lowest BCUT2D eigenvalue weighted by Crippen LogP contribution is -2.49. The maximum absolute atomic E-state index is 12.3. The van der Waals surface area contributed by atoms with Crippen molar-refractivity contribution in [3.8, 4) is 0 Å². The summed E-state index contributed by atoms with van der Waals surface area (Å²) >= 11 is 0. The van der Waals surface area contributed by atoms with E-state index in [-0.39, 0.29) is 18.5 Å². The van der Waals surface area contributed by atoms with E-state index in [0.29, 0.717) is 17.3 Å².